The number of morpholine rings is 1. The van der Waals surface area contributed by atoms with Gasteiger partial charge in [-0.1, -0.05) is 66.7 Å². The van der Waals surface area contributed by atoms with Gasteiger partial charge in [-0.2, -0.15) is 0 Å². The molecular weight excluding hydrogens is 372 g/mol. The number of carbonyl (C=O) groups excluding carboxylic acids is 1. The number of carbonyl (C=O) groups is 1. The molecule has 0 saturated carbocycles. The predicted octanol–water partition coefficient (Wildman–Crippen LogP) is 4.35. The highest BCUT2D eigenvalue weighted by Gasteiger charge is 2.19. The van der Waals surface area contributed by atoms with Crippen molar-refractivity contribution in [3.8, 4) is 0 Å². The molecule has 4 heteroatoms. The highest BCUT2D eigenvalue weighted by molar-refractivity contribution is 5.94. The number of amides is 1. The van der Waals surface area contributed by atoms with Crippen molar-refractivity contribution in [1.29, 1.82) is 0 Å². The molecule has 1 heterocycles. The van der Waals surface area contributed by atoms with Crippen molar-refractivity contribution < 1.29 is 9.53 Å². The summed E-state index contributed by atoms with van der Waals surface area (Å²) < 4.78 is 5.41. The smallest absolute Gasteiger partial charge is 0.252 e. The first-order valence-electron chi connectivity index (χ1n) is 10.5. The zero-order valence-electron chi connectivity index (χ0n) is 17.4. The predicted molar refractivity (Wildman–Crippen MR) is 119 cm³/mol. The van der Waals surface area contributed by atoms with E-state index < -0.39 is 0 Å². The van der Waals surface area contributed by atoms with E-state index in [1.807, 2.05) is 42.5 Å². The van der Waals surface area contributed by atoms with Crippen LogP contribution in [0.2, 0.25) is 0 Å². The Kier molecular flexibility index (Phi) is 6.57. The molecule has 0 aromatic heterocycles. The lowest BCUT2D eigenvalue weighted by Gasteiger charge is -2.26. The molecule has 1 aliphatic rings. The lowest BCUT2D eigenvalue weighted by molar-refractivity contribution is 0.0342. The maximum atomic E-state index is 13.1. The Bertz CT molecular complexity index is 964. The Morgan fingerprint density at radius 1 is 0.933 bits per heavy atom. The topological polar surface area (TPSA) is 41.6 Å². The molecule has 30 heavy (non-hydrogen) atoms. The van der Waals surface area contributed by atoms with Gasteiger partial charge in [-0.05, 0) is 41.3 Å². The zero-order valence-corrected chi connectivity index (χ0v) is 17.4. The second-order valence-electron chi connectivity index (χ2n) is 7.76. The van der Waals surface area contributed by atoms with Crippen molar-refractivity contribution in [2.75, 3.05) is 26.3 Å². The van der Waals surface area contributed by atoms with Crippen molar-refractivity contribution in [3.63, 3.8) is 0 Å². The Hall–Kier alpha value is -2.95. The monoisotopic (exact) mass is 400 g/mol. The van der Waals surface area contributed by atoms with Gasteiger partial charge in [0.05, 0.1) is 19.3 Å². The number of benzene rings is 3. The summed E-state index contributed by atoms with van der Waals surface area (Å²) in [5.74, 6) is -0.0648. The van der Waals surface area contributed by atoms with Crippen LogP contribution in [0.1, 0.15) is 38.7 Å². The van der Waals surface area contributed by atoms with Gasteiger partial charge in [0.2, 0.25) is 0 Å². The molecule has 0 radical (unpaired) electrons. The summed E-state index contributed by atoms with van der Waals surface area (Å²) in [6.07, 6.45) is 0. The molecule has 1 amide bonds. The minimum Gasteiger partial charge on any atom is -0.379 e. The Morgan fingerprint density at radius 3 is 2.30 bits per heavy atom. The molecule has 1 unspecified atom stereocenters. The van der Waals surface area contributed by atoms with E-state index in [9.17, 15) is 4.79 Å². The average molecular weight is 401 g/mol. The summed E-state index contributed by atoms with van der Waals surface area (Å²) in [6.45, 7) is 6.47. The summed E-state index contributed by atoms with van der Waals surface area (Å²) in [5.41, 5.74) is 5.24. The maximum Gasteiger partial charge on any atom is 0.252 e. The van der Waals surface area contributed by atoms with E-state index in [1.54, 1.807) is 0 Å². The van der Waals surface area contributed by atoms with Gasteiger partial charge in [0, 0.05) is 25.2 Å². The summed E-state index contributed by atoms with van der Waals surface area (Å²) in [4.78, 5) is 15.5. The molecule has 1 fully saturated rings. The Morgan fingerprint density at radius 2 is 1.60 bits per heavy atom. The molecule has 1 aliphatic heterocycles. The lowest BCUT2D eigenvalue weighted by Crippen LogP contribution is -2.35. The van der Waals surface area contributed by atoms with Crippen LogP contribution in [0.5, 0.6) is 0 Å². The lowest BCUT2D eigenvalue weighted by atomic mass is 9.94. The molecule has 0 bridgehead atoms. The van der Waals surface area contributed by atoms with E-state index in [2.05, 4.69) is 53.5 Å². The molecule has 4 rings (SSSR count). The zero-order chi connectivity index (χ0) is 20.8. The van der Waals surface area contributed by atoms with Crippen LogP contribution in [0, 0.1) is 6.92 Å². The quantitative estimate of drug-likeness (QED) is 0.669. The number of rotatable bonds is 6. The van der Waals surface area contributed by atoms with Crippen molar-refractivity contribution in [3.05, 3.63) is 107 Å². The fourth-order valence-corrected chi connectivity index (χ4v) is 3.89. The van der Waals surface area contributed by atoms with Gasteiger partial charge in [-0.15, -0.1) is 0 Å². The van der Waals surface area contributed by atoms with Gasteiger partial charge in [-0.25, -0.2) is 0 Å². The van der Waals surface area contributed by atoms with Gasteiger partial charge < -0.3 is 10.1 Å². The number of nitrogens with zero attached hydrogens (tertiary/aromatic N) is 1. The van der Waals surface area contributed by atoms with Crippen molar-refractivity contribution in [2.45, 2.75) is 19.5 Å². The summed E-state index contributed by atoms with van der Waals surface area (Å²) >= 11 is 0. The fourth-order valence-electron chi connectivity index (χ4n) is 3.89. The molecule has 4 nitrogen and oxygen atoms in total. The Labute approximate surface area is 178 Å². The van der Waals surface area contributed by atoms with E-state index in [0.29, 0.717) is 5.56 Å². The van der Waals surface area contributed by atoms with Crippen LogP contribution < -0.4 is 5.32 Å². The second kappa shape index (κ2) is 9.70. The van der Waals surface area contributed by atoms with Crippen LogP contribution in [0.4, 0.5) is 0 Å². The van der Waals surface area contributed by atoms with Crippen molar-refractivity contribution in [1.82, 2.24) is 10.2 Å². The highest BCUT2D eigenvalue weighted by atomic mass is 16.5. The summed E-state index contributed by atoms with van der Waals surface area (Å²) in [5, 5.41) is 3.24. The first kappa shape index (κ1) is 20.3. The van der Waals surface area contributed by atoms with Gasteiger partial charge in [0.25, 0.3) is 5.91 Å². The summed E-state index contributed by atoms with van der Waals surface area (Å²) in [6, 6.07) is 26.1. The van der Waals surface area contributed by atoms with Gasteiger partial charge >= 0.3 is 0 Å². The minimum absolute atomic E-state index is 0.0648. The Balaban J connectivity index is 1.50. The van der Waals surface area contributed by atoms with Crippen LogP contribution in [0.15, 0.2) is 78.9 Å². The third-order valence-electron chi connectivity index (χ3n) is 5.63. The van der Waals surface area contributed by atoms with Gasteiger partial charge in [-0.3, -0.25) is 9.69 Å². The molecule has 0 spiro atoms. The van der Waals surface area contributed by atoms with E-state index in [4.69, 9.17) is 4.74 Å². The normalized spacial score (nSPS) is 15.5. The molecule has 1 N–H and O–H groups in total. The largest absolute Gasteiger partial charge is 0.379 e. The summed E-state index contributed by atoms with van der Waals surface area (Å²) in [7, 11) is 0. The standard InChI is InChI=1S/C26H28N2O2/c1-20-7-5-6-10-24(20)25(22-8-3-2-4-9-22)27-26(29)23-13-11-21(12-14-23)19-28-15-17-30-18-16-28/h2-14,25H,15-19H2,1H3,(H,27,29). The SMILES string of the molecule is Cc1ccccc1C(NC(=O)c1ccc(CN2CCOCC2)cc1)c1ccccc1. The fraction of sp³-hybridized carbons (Fsp3) is 0.269. The number of aryl methyl sites for hydroxylation is 1. The highest BCUT2D eigenvalue weighted by Crippen LogP contribution is 2.25. The number of ether oxygens (including phenoxy) is 1. The van der Waals surface area contributed by atoms with E-state index in [1.165, 1.54) is 5.56 Å². The van der Waals surface area contributed by atoms with Crippen molar-refractivity contribution >= 4 is 5.91 Å². The van der Waals surface area contributed by atoms with Crippen molar-refractivity contribution in [2.24, 2.45) is 0 Å². The second-order valence-corrected chi connectivity index (χ2v) is 7.76. The first-order chi connectivity index (χ1) is 14.7. The maximum absolute atomic E-state index is 13.1. The van der Waals surface area contributed by atoms with Crippen LogP contribution in [-0.4, -0.2) is 37.1 Å². The molecule has 0 aliphatic carbocycles. The van der Waals surface area contributed by atoms with Crippen LogP contribution in [0.3, 0.4) is 0 Å². The first-order valence-corrected chi connectivity index (χ1v) is 10.5. The number of nitrogens with one attached hydrogen (secondary N) is 1. The van der Waals surface area contributed by atoms with E-state index in [-0.39, 0.29) is 11.9 Å². The third kappa shape index (κ3) is 4.96. The van der Waals surface area contributed by atoms with Gasteiger partial charge in [0.15, 0.2) is 0 Å². The molecule has 1 atom stereocenters. The molecule has 154 valence electrons. The van der Waals surface area contributed by atoms with Gasteiger partial charge in [0.1, 0.15) is 0 Å². The van der Waals surface area contributed by atoms with Crippen LogP contribution in [-0.2, 0) is 11.3 Å². The molecule has 3 aromatic carbocycles. The number of hydrogen-bond donors (Lipinski definition) is 1. The van der Waals surface area contributed by atoms with E-state index in [0.717, 1.165) is 49.5 Å². The van der Waals surface area contributed by atoms with Crippen LogP contribution >= 0.6 is 0 Å². The van der Waals surface area contributed by atoms with E-state index >= 15 is 0 Å². The van der Waals surface area contributed by atoms with Crippen LogP contribution in [0.25, 0.3) is 0 Å². The molecule has 1 saturated heterocycles. The molecular formula is C26H28N2O2. The molecule has 3 aromatic rings. The number of hydrogen-bond acceptors (Lipinski definition) is 3. The third-order valence-corrected chi connectivity index (χ3v) is 5.63. The minimum atomic E-state index is -0.187. The average Bonchev–Trinajstić information content (AvgIpc) is 2.80.